The highest BCUT2D eigenvalue weighted by Crippen LogP contribution is 2.19. The molecule has 0 saturated carbocycles. The van der Waals surface area contributed by atoms with Gasteiger partial charge < -0.3 is 15.7 Å². The van der Waals surface area contributed by atoms with E-state index in [-0.39, 0.29) is 12.3 Å². The average molecular weight is 362 g/mol. The lowest BCUT2D eigenvalue weighted by Gasteiger charge is -2.14. The molecule has 0 heterocycles. The number of amides is 1. The number of rotatable bonds is 8. The zero-order valence-electron chi connectivity index (χ0n) is 14.9. The van der Waals surface area contributed by atoms with Gasteiger partial charge in [0.05, 0.1) is 6.42 Å². The molecule has 3 rings (SSSR count). The normalized spacial score (nSPS) is 11.9. The molecule has 0 aliphatic heterocycles. The molecule has 0 aliphatic carbocycles. The Morgan fingerprint density at radius 2 is 1.59 bits per heavy atom. The number of hydrogen-bond acceptors (Lipinski definition) is 3. The number of aliphatic carboxylic acids is 1. The average Bonchev–Trinajstić information content (AvgIpc) is 2.68. The van der Waals surface area contributed by atoms with Crippen LogP contribution in [0.15, 0.2) is 72.8 Å². The monoisotopic (exact) mass is 362 g/mol. The molecular weight excluding hydrogens is 340 g/mol. The van der Waals surface area contributed by atoms with Crippen molar-refractivity contribution >= 4 is 28.3 Å². The second-order valence-corrected chi connectivity index (χ2v) is 6.39. The van der Waals surface area contributed by atoms with Crippen molar-refractivity contribution in [3.8, 4) is 0 Å². The third-order valence-corrected chi connectivity index (χ3v) is 4.37. The van der Waals surface area contributed by atoms with E-state index in [9.17, 15) is 14.7 Å². The maximum Gasteiger partial charge on any atom is 0.321 e. The van der Waals surface area contributed by atoms with E-state index in [1.807, 2.05) is 72.8 Å². The lowest BCUT2D eigenvalue weighted by Crippen LogP contribution is -2.40. The number of carbonyl (C=O) groups is 2. The zero-order chi connectivity index (χ0) is 19.1. The Morgan fingerprint density at radius 1 is 0.889 bits per heavy atom. The predicted octanol–water partition coefficient (Wildman–Crippen LogP) is 3.45. The fourth-order valence-corrected chi connectivity index (χ4v) is 2.95. The molecule has 1 amide bonds. The summed E-state index contributed by atoms with van der Waals surface area (Å²) < 4.78 is 0. The summed E-state index contributed by atoms with van der Waals surface area (Å²) in [6.07, 6.45) is 0.577. The third kappa shape index (κ3) is 5.39. The van der Waals surface area contributed by atoms with Crippen molar-refractivity contribution in [1.82, 2.24) is 5.32 Å². The zero-order valence-corrected chi connectivity index (χ0v) is 14.9. The Kier molecular flexibility index (Phi) is 6.18. The molecule has 0 fully saturated rings. The highest BCUT2D eigenvalue weighted by atomic mass is 16.4. The summed E-state index contributed by atoms with van der Waals surface area (Å²) in [6, 6.07) is 22.4. The Hall–Kier alpha value is -3.18. The minimum absolute atomic E-state index is 0.128. The molecule has 1 unspecified atom stereocenters. The Labute approximate surface area is 158 Å². The van der Waals surface area contributed by atoms with E-state index in [0.29, 0.717) is 18.7 Å². The highest BCUT2D eigenvalue weighted by Gasteiger charge is 2.20. The van der Waals surface area contributed by atoms with E-state index in [1.54, 1.807) is 0 Å². The van der Waals surface area contributed by atoms with Gasteiger partial charge in [-0.2, -0.15) is 0 Å². The smallest absolute Gasteiger partial charge is 0.321 e. The summed E-state index contributed by atoms with van der Waals surface area (Å²) in [5, 5.41) is 17.2. The number of nitrogens with one attached hydrogen (secondary N) is 2. The van der Waals surface area contributed by atoms with Crippen LogP contribution in [0.25, 0.3) is 10.8 Å². The van der Waals surface area contributed by atoms with Crippen molar-refractivity contribution in [2.24, 2.45) is 0 Å². The maximum atomic E-state index is 12.3. The van der Waals surface area contributed by atoms with Gasteiger partial charge in [-0.3, -0.25) is 9.59 Å². The lowest BCUT2D eigenvalue weighted by molar-refractivity contribution is -0.141. The van der Waals surface area contributed by atoms with Crippen LogP contribution in [0.5, 0.6) is 0 Å². The van der Waals surface area contributed by atoms with Crippen LogP contribution in [0, 0.1) is 0 Å². The van der Waals surface area contributed by atoms with Crippen LogP contribution >= 0.6 is 0 Å². The van der Waals surface area contributed by atoms with Crippen LogP contribution in [0.4, 0.5) is 5.69 Å². The number of anilines is 1. The molecule has 0 spiro atoms. The summed E-state index contributed by atoms with van der Waals surface area (Å²) in [5.74, 6) is -1.36. The standard InChI is InChI=1S/C22H22N2O3/c25-21(24-19-11-10-17-8-4-5-9-18(17)14-19)15-20(22(26)27)23-13-12-16-6-2-1-3-7-16/h1-11,14,20,23H,12-13,15H2,(H,24,25)(H,26,27). The fraction of sp³-hybridized carbons (Fsp3) is 0.182. The number of carbonyl (C=O) groups excluding carboxylic acids is 1. The van der Waals surface area contributed by atoms with Crippen molar-refractivity contribution in [3.63, 3.8) is 0 Å². The van der Waals surface area contributed by atoms with Crippen LogP contribution < -0.4 is 10.6 Å². The first kappa shape index (κ1) is 18.6. The first-order valence-electron chi connectivity index (χ1n) is 8.90. The number of hydrogen-bond donors (Lipinski definition) is 3. The summed E-state index contributed by atoms with van der Waals surface area (Å²) in [6.45, 7) is 0.490. The van der Waals surface area contributed by atoms with Gasteiger partial charge in [-0.05, 0) is 41.4 Å². The number of carboxylic acids is 1. The quantitative estimate of drug-likeness (QED) is 0.573. The third-order valence-electron chi connectivity index (χ3n) is 4.37. The van der Waals surface area contributed by atoms with E-state index in [0.717, 1.165) is 16.3 Å². The predicted molar refractivity (Wildman–Crippen MR) is 107 cm³/mol. The molecule has 0 aliphatic rings. The molecular formula is C22H22N2O3. The topological polar surface area (TPSA) is 78.4 Å². The number of benzene rings is 3. The van der Waals surface area contributed by atoms with E-state index in [1.165, 1.54) is 0 Å². The minimum atomic E-state index is -1.03. The molecule has 27 heavy (non-hydrogen) atoms. The van der Waals surface area contributed by atoms with Gasteiger partial charge in [-0.15, -0.1) is 0 Å². The maximum absolute atomic E-state index is 12.3. The molecule has 3 aromatic carbocycles. The van der Waals surface area contributed by atoms with Gasteiger partial charge in [0.2, 0.25) is 5.91 Å². The molecule has 5 heteroatoms. The summed E-state index contributed by atoms with van der Waals surface area (Å²) >= 11 is 0. The van der Waals surface area contributed by atoms with Crippen LogP contribution in [-0.2, 0) is 16.0 Å². The molecule has 0 saturated heterocycles. The Morgan fingerprint density at radius 3 is 2.33 bits per heavy atom. The van der Waals surface area contributed by atoms with E-state index in [2.05, 4.69) is 10.6 Å². The molecule has 1 atom stereocenters. The van der Waals surface area contributed by atoms with Gasteiger partial charge >= 0.3 is 5.97 Å². The van der Waals surface area contributed by atoms with E-state index < -0.39 is 12.0 Å². The number of fused-ring (bicyclic) bond motifs is 1. The first-order chi connectivity index (χ1) is 13.1. The van der Waals surface area contributed by atoms with Gasteiger partial charge in [-0.1, -0.05) is 60.7 Å². The van der Waals surface area contributed by atoms with Crippen LogP contribution in [0.2, 0.25) is 0 Å². The van der Waals surface area contributed by atoms with E-state index in [4.69, 9.17) is 0 Å². The van der Waals surface area contributed by atoms with Gasteiger partial charge in [0.1, 0.15) is 6.04 Å². The van der Waals surface area contributed by atoms with Crippen LogP contribution in [0.3, 0.4) is 0 Å². The van der Waals surface area contributed by atoms with Crippen LogP contribution in [-0.4, -0.2) is 29.6 Å². The molecule has 0 bridgehead atoms. The second-order valence-electron chi connectivity index (χ2n) is 6.39. The minimum Gasteiger partial charge on any atom is -0.480 e. The lowest BCUT2D eigenvalue weighted by atomic mass is 10.1. The largest absolute Gasteiger partial charge is 0.480 e. The van der Waals surface area contributed by atoms with Crippen molar-refractivity contribution in [1.29, 1.82) is 0 Å². The summed E-state index contributed by atoms with van der Waals surface area (Å²) in [5.41, 5.74) is 1.78. The van der Waals surface area contributed by atoms with Crippen molar-refractivity contribution in [3.05, 3.63) is 78.4 Å². The van der Waals surface area contributed by atoms with Gasteiger partial charge in [0.25, 0.3) is 0 Å². The van der Waals surface area contributed by atoms with Gasteiger partial charge in [0, 0.05) is 5.69 Å². The summed E-state index contributed by atoms with van der Waals surface area (Å²) in [4.78, 5) is 23.7. The first-order valence-corrected chi connectivity index (χ1v) is 8.90. The molecule has 0 aromatic heterocycles. The van der Waals surface area contributed by atoms with Gasteiger partial charge in [0.15, 0.2) is 0 Å². The van der Waals surface area contributed by atoms with Crippen LogP contribution in [0.1, 0.15) is 12.0 Å². The molecule has 3 aromatic rings. The fourth-order valence-electron chi connectivity index (χ4n) is 2.95. The molecule has 138 valence electrons. The SMILES string of the molecule is O=C(CC(NCCc1ccccc1)C(=O)O)Nc1ccc2ccccc2c1. The molecule has 3 N–H and O–H groups in total. The molecule has 5 nitrogen and oxygen atoms in total. The van der Waals surface area contributed by atoms with Crippen molar-refractivity contribution in [2.45, 2.75) is 18.9 Å². The van der Waals surface area contributed by atoms with Gasteiger partial charge in [-0.25, -0.2) is 0 Å². The molecule has 0 radical (unpaired) electrons. The number of carboxylic acid groups (broad SMARTS) is 1. The second kappa shape index (κ2) is 8.96. The Balaban J connectivity index is 1.55. The van der Waals surface area contributed by atoms with Crippen molar-refractivity contribution < 1.29 is 14.7 Å². The van der Waals surface area contributed by atoms with E-state index >= 15 is 0 Å². The Bertz CT molecular complexity index is 925. The van der Waals surface area contributed by atoms with Crippen molar-refractivity contribution in [2.75, 3.05) is 11.9 Å². The summed E-state index contributed by atoms with van der Waals surface area (Å²) in [7, 11) is 0. The highest BCUT2D eigenvalue weighted by molar-refractivity contribution is 5.96.